The third-order valence-corrected chi connectivity index (χ3v) is 5.13. The summed E-state index contributed by atoms with van der Waals surface area (Å²) in [5.74, 6) is 0. The van der Waals surface area contributed by atoms with Crippen molar-refractivity contribution in [3.63, 3.8) is 0 Å². The van der Waals surface area contributed by atoms with E-state index >= 15 is 0 Å². The average molecular weight is 290 g/mol. The van der Waals surface area contributed by atoms with E-state index in [2.05, 4.69) is 34.2 Å². The molecule has 2 aromatic heterocycles. The van der Waals surface area contributed by atoms with Crippen molar-refractivity contribution in [3.8, 4) is 0 Å². The van der Waals surface area contributed by atoms with Gasteiger partial charge in [0.15, 0.2) is 0 Å². The summed E-state index contributed by atoms with van der Waals surface area (Å²) in [6.07, 6.45) is 10.3. The second-order valence-corrected chi connectivity index (χ2v) is 6.82. The van der Waals surface area contributed by atoms with Gasteiger partial charge in [0.2, 0.25) is 0 Å². The Labute approximate surface area is 124 Å². The normalized spacial score (nSPS) is 17.7. The highest BCUT2D eigenvalue weighted by Gasteiger charge is 2.19. The lowest BCUT2D eigenvalue weighted by Crippen LogP contribution is -2.18. The zero-order valence-electron chi connectivity index (χ0n) is 12.2. The first-order chi connectivity index (χ1) is 9.76. The molecule has 2 heterocycles. The van der Waals surface area contributed by atoms with E-state index in [0.717, 1.165) is 11.4 Å². The molecule has 0 saturated heterocycles. The van der Waals surface area contributed by atoms with Crippen LogP contribution in [0.5, 0.6) is 0 Å². The van der Waals surface area contributed by atoms with Crippen molar-refractivity contribution in [1.82, 2.24) is 20.1 Å². The summed E-state index contributed by atoms with van der Waals surface area (Å²) in [4.78, 5) is 5.64. The fourth-order valence-corrected chi connectivity index (χ4v) is 3.85. The Morgan fingerprint density at radius 1 is 1.45 bits per heavy atom. The maximum atomic E-state index is 4.77. The largest absolute Gasteiger partial charge is 0.312 e. The molecule has 1 N–H and O–H groups in total. The number of likely N-dealkylation sites (N-methyl/N-ethyl adjacent to an activating group) is 1. The third kappa shape index (κ3) is 2.94. The summed E-state index contributed by atoms with van der Waals surface area (Å²) < 4.78 is 2.17. The van der Waals surface area contributed by atoms with Crippen molar-refractivity contribution in [1.29, 1.82) is 0 Å². The summed E-state index contributed by atoms with van der Waals surface area (Å²) in [5.41, 5.74) is 1.17. The third-order valence-electron chi connectivity index (χ3n) is 4.11. The van der Waals surface area contributed by atoms with E-state index < -0.39 is 0 Å². The number of aromatic nitrogens is 3. The van der Waals surface area contributed by atoms with Crippen LogP contribution in [0.1, 0.15) is 53.3 Å². The molecule has 4 nitrogen and oxygen atoms in total. The first kappa shape index (κ1) is 13.8. The van der Waals surface area contributed by atoms with Crippen LogP contribution >= 0.6 is 11.3 Å². The molecule has 3 rings (SSSR count). The van der Waals surface area contributed by atoms with Gasteiger partial charge in [-0.2, -0.15) is 5.10 Å². The van der Waals surface area contributed by atoms with Gasteiger partial charge in [-0.05, 0) is 32.9 Å². The van der Waals surface area contributed by atoms with E-state index in [1.807, 2.05) is 13.2 Å². The summed E-state index contributed by atoms with van der Waals surface area (Å²) in [6.45, 7) is 2.05. The van der Waals surface area contributed by atoms with E-state index in [4.69, 9.17) is 5.10 Å². The molecular formula is C15H22N4S. The highest BCUT2D eigenvalue weighted by atomic mass is 32.1. The second-order valence-electron chi connectivity index (χ2n) is 5.55. The van der Waals surface area contributed by atoms with Crippen LogP contribution in [0.25, 0.3) is 0 Å². The van der Waals surface area contributed by atoms with Crippen LogP contribution < -0.4 is 5.32 Å². The maximum Gasteiger partial charge on any atom is 0.0897 e. The number of rotatable bonds is 5. The zero-order chi connectivity index (χ0) is 13.9. The highest BCUT2D eigenvalue weighted by Crippen LogP contribution is 2.29. The molecule has 1 atom stereocenters. The van der Waals surface area contributed by atoms with Gasteiger partial charge in [-0.15, -0.1) is 11.3 Å². The number of hydrogen-bond donors (Lipinski definition) is 1. The van der Waals surface area contributed by atoms with Crippen molar-refractivity contribution in [2.24, 2.45) is 0 Å². The molecule has 0 bridgehead atoms. The lowest BCUT2D eigenvalue weighted by molar-refractivity contribution is 0.459. The molecular weight excluding hydrogens is 268 g/mol. The Morgan fingerprint density at radius 3 is 2.90 bits per heavy atom. The molecule has 1 aliphatic carbocycles. The minimum absolute atomic E-state index is 0.313. The molecule has 5 heteroatoms. The minimum Gasteiger partial charge on any atom is -0.312 e. The van der Waals surface area contributed by atoms with E-state index in [1.165, 1.54) is 36.3 Å². The molecule has 0 amide bonds. The Hall–Kier alpha value is -1.20. The van der Waals surface area contributed by atoms with E-state index in [9.17, 15) is 0 Å². The molecule has 1 fully saturated rings. The van der Waals surface area contributed by atoms with Gasteiger partial charge in [0, 0.05) is 29.7 Å². The Kier molecular flexibility index (Phi) is 4.17. The Balaban J connectivity index is 1.69. The topological polar surface area (TPSA) is 42.7 Å². The fraction of sp³-hybridized carbons (Fsp3) is 0.600. The quantitative estimate of drug-likeness (QED) is 0.919. The van der Waals surface area contributed by atoms with Crippen LogP contribution in [0.2, 0.25) is 0 Å². The van der Waals surface area contributed by atoms with Gasteiger partial charge in [0.1, 0.15) is 0 Å². The first-order valence-corrected chi connectivity index (χ1v) is 8.21. The van der Waals surface area contributed by atoms with Gasteiger partial charge in [0.25, 0.3) is 0 Å². The smallest absolute Gasteiger partial charge is 0.0897 e. The lowest BCUT2D eigenvalue weighted by Gasteiger charge is -2.13. The molecule has 0 aliphatic heterocycles. The predicted molar refractivity (Wildman–Crippen MR) is 82.1 cm³/mol. The SMILES string of the molecule is CNC(Cc1ccn(C2CCCC2)n1)c1cnc(C)s1. The monoisotopic (exact) mass is 290 g/mol. The molecule has 0 spiro atoms. The van der Waals surface area contributed by atoms with Crippen molar-refractivity contribution in [2.45, 2.75) is 51.1 Å². The van der Waals surface area contributed by atoms with Gasteiger partial charge in [0.05, 0.1) is 16.7 Å². The molecule has 2 aromatic rings. The van der Waals surface area contributed by atoms with E-state index in [-0.39, 0.29) is 0 Å². The predicted octanol–water partition coefficient (Wildman–Crippen LogP) is 3.27. The van der Waals surface area contributed by atoms with E-state index in [0.29, 0.717) is 12.1 Å². The van der Waals surface area contributed by atoms with Gasteiger partial charge < -0.3 is 5.32 Å². The number of nitrogens with zero attached hydrogens (tertiary/aromatic N) is 3. The maximum absolute atomic E-state index is 4.77. The Morgan fingerprint density at radius 2 is 2.25 bits per heavy atom. The summed E-state index contributed by atoms with van der Waals surface area (Å²) >= 11 is 1.76. The average Bonchev–Trinajstić information content (AvgIpc) is 3.16. The Bertz CT molecular complexity index is 554. The van der Waals surface area contributed by atoms with Crippen molar-refractivity contribution < 1.29 is 0 Å². The minimum atomic E-state index is 0.313. The van der Waals surface area contributed by atoms with E-state index in [1.54, 1.807) is 11.3 Å². The standard InChI is InChI=1S/C15H22N4S/c1-11-17-10-15(20-11)14(16-2)9-12-7-8-19(18-12)13-5-3-4-6-13/h7-8,10,13-14,16H,3-6,9H2,1-2H3. The van der Waals surface area contributed by atoms with Crippen LogP contribution in [0.3, 0.4) is 0 Å². The molecule has 1 saturated carbocycles. The molecule has 20 heavy (non-hydrogen) atoms. The van der Waals surface area contributed by atoms with Crippen LogP contribution in [-0.2, 0) is 6.42 Å². The summed E-state index contributed by atoms with van der Waals surface area (Å²) in [6, 6.07) is 3.10. The molecule has 1 aliphatic rings. The molecule has 0 radical (unpaired) electrons. The highest BCUT2D eigenvalue weighted by molar-refractivity contribution is 7.11. The number of aryl methyl sites for hydroxylation is 1. The van der Waals surface area contributed by atoms with Crippen LogP contribution in [0.4, 0.5) is 0 Å². The zero-order valence-corrected chi connectivity index (χ0v) is 13.0. The second kappa shape index (κ2) is 6.06. The summed E-state index contributed by atoms with van der Waals surface area (Å²) in [7, 11) is 2.01. The first-order valence-electron chi connectivity index (χ1n) is 7.40. The number of thiazole rings is 1. The molecule has 0 aromatic carbocycles. The summed E-state index contributed by atoms with van der Waals surface area (Å²) in [5, 5.41) is 9.28. The lowest BCUT2D eigenvalue weighted by atomic mass is 10.1. The number of nitrogens with one attached hydrogen (secondary N) is 1. The van der Waals surface area contributed by atoms with Crippen molar-refractivity contribution in [2.75, 3.05) is 7.05 Å². The van der Waals surface area contributed by atoms with Crippen LogP contribution in [-0.4, -0.2) is 21.8 Å². The van der Waals surface area contributed by atoms with Crippen molar-refractivity contribution >= 4 is 11.3 Å². The van der Waals surface area contributed by atoms with Gasteiger partial charge >= 0.3 is 0 Å². The van der Waals surface area contributed by atoms with Crippen LogP contribution in [0, 0.1) is 6.92 Å². The number of hydrogen-bond acceptors (Lipinski definition) is 4. The fourth-order valence-electron chi connectivity index (χ4n) is 2.95. The van der Waals surface area contributed by atoms with Crippen molar-refractivity contribution in [3.05, 3.63) is 34.0 Å². The van der Waals surface area contributed by atoms with Gasteiger partial charge in [-0.1, -0.05) is 12.8 Å². The molecule has 108 valence electrons. The van der Waals surface area contributed by atoms with Crippen LogP contribution in [0.15, 0.2) is 18.5 Å². The van der Waals surface area contributed by atoms with Gasteiger partial charge in [-0.3, -0.25) is 4.68 Å². The van der Waals surface area contributed by atoms with Gasteiger partial charge in [-0.25, -0.2) is 4.98 Å². The molecule has 1 unspecified atom stereocenters.